The number of piperidine rings is 1. The summed E-state index contributed by atoms with van der Waals surface area (Å²) in [4.78, 5) is 26.0. The molecule has 0 radical (unpaired) electrons. The van der Waals surface area contributed by atoms with Crippen molar-refractivity contribution in [3.05, 3.63) is 29.3 Å². The lowest BCUT2D eigenvalue weighted by molar-refractivity contribution is -0.113. The third-order valence-corrected chi connectivity index (χ3v) is 5.97. The Labute approximate surface area is 151 Å². The van der Waals surface area contributed by atoms with Gasteiger partial charge in [0, 0.05) is 30.9 Å². The second-order valence-electron chi connectivity index (χ2n) is 6.33. The van der Waals surface area contributed by atoms with Gasteiger partial charge >= 0.3 is 0 Å². The molecule has 5 nitrogen and oxygen atoms in total. The van der Waals surface area contributed by atoms with Crippen LogP contribution >= 0.6 is 24.0 Å². The van der Waals surface area contributed by atoms with Crippen molar-refractivity contribution >= 4 is 45.8 Å². The van der Waals surface area contributed by atoms with E-state index in [2.05, 4.69) is 22.5 Å². The normalized spacial score (nSPS) is 17.4. The van der Waals surface area contributed by atoms with E-state index in [0.29, 0.717) is 17.8 Å². The molecule has 0 aliphatic carbocycles. The summed E-state index contributed by atoms with van der Waals surface area (Å²) in [5.74, 6) is 0.852. The topological polar surface area (TPSA) is 61.4 Å². The number of hydrogen-bond acceptors (Lipinski definition) is 4. The molecule has 0 atom stereocenters. The van der Waals surface area contributed by atoms with Crippen LogP contribution in [0.15, 0.2) is 18.2 Å². The summed E-state index contributed by atoms with van der Waals surface area (Å²) >= 11 is 6.84. The SMILES string of the molecule is CC1CCN(C(=S)SCC(=O)Nc2ccc3c(c2)C(=O)NC3)CC1. The van der Waals surface area contributed by atoms with Gasteiger partial charge in [-0.25, -0.2) is 0 Å². The van der Waals surface area contributed by atoms with Gasteiger partial charge in [0.1, 0.15) is 4.32 Å². The summed E-state index contributed by atoms with van der Waals surface area (Å²) in [6, 6.07) is 5.42. The van der Waals surface area contributed by atoms with Gasteiger partial charge in [-0.15, -0.1) is 0 Å². The van der Waals surface area contributed by atoms with Gasteiger partial charge in [0.2, 0.25) is 5.91 Å². The molecule has 24 heavy (non-hydrogen) atoms. The molecular formula is C17H21N3O2S2. The van der Waals surface area contributed by atoms with Crippen molar-refractivity contribution in [3.63, 3.8) is 0 Å². The van der Waals surface area contributed by atoms with Gasteiger partial charge < -0.3 is 15.5 Å². The number of benzene rings is 1. The van der Waals surface area contributed by atoms with Gasteiger partial charge in [0.25, 0.3) is 5.91 Å². The number of rotatable bonds is 3. The first-order valence-corrected chi connectivity index (χ1v) is 9.55. The Bertz CT molecular complexity index is 670. The van der Waals surface area contributed by atoms with E-state index in [0.717, 1.165) is 41.7 Å². The van der Waals surface area contributed by atoms with Crippen molar-refractivity contribution in [1.82, 2.24) is 10.2 Å². The second-order valence-corrected chi connectivity index (χ2v) is 7.94. The number of thiocarbonyl (C=S) groups is 1. The molecule has 0 unspecified atom stereocenters. The molecule has 1 saturated heterocycles. The monoisotopic (exact) mass is 363 g/mol. The number of thioether (sulfide) groups is 1. The minimum Gasteiger partial charge on any atom is -0.357 e. The van der Waals surface area contributed by atoms with E-state index in [1.807, 2.05) is 12.1 Å². The molecule has 0 aromatic heterocycles. The number of nitrogens with one attached hydrogen (secondary N) is 2. The molecule has 0 saturated carbocycles. The maximum absolute atomic E-state index is 12.1. The molecule has 7 heteroatoms. The first-order valence-electron chi connectivity index (χ1n) is 8.15. The van der Waals surface area contributed by atoms with E-state index in [9.17, 15) is 9.59 Å². The number of carbonyl (C=O) groups excluding carboxylic acids is 2. The smallest absolute Gasteiger partial charge is 0.251 e. The maximum Gasteiger partial charge on any atom is 0.251 e. The standard InChI is InChI=1S/C17H21N3O2S2/c1-11-4-6-20(7-5-11)17(23)24-10-15(21)19-13-3-2-12-9-18-16(22)14(12)8-13/h2-3,8,11H,4-7,9-10H2,1H3,(H,18,22)(H,19,21). The number of nitrogens with zero attached hydrogens (tertiary/aromatic N) is 1. The third kappa shape index (κ3) is 4.08. The molecule has 128 valence electrons. The molecule has 2 N–H and O–H groups in total. The van der Waals surface area contributed by atoms with E-state index in [-0.39, 0.29) is 17.6 Å². The van der Waals surface area contributed by atoms with Crippen molar-refractivity contribution in [3.8, 4) is 0 Å². The molecule has 2 heterocycles. The lowest BCUT2D eigenvalue weighted by Gasteiger charge is -2.31. The van der Waals surface area contributed by atoms with Crippen LogP contribution < -0.4 is 10.6 Å². The lowest BCUT2D eigenvalue weighted by atomic mass is 10.00. The van der Waals surface area contributed by atoms with Crippen LogP contribution in [0.25, 0.3) is 0 Å². The number of hydrogen-bond donors (Lipinski definition) is 2. The number of amides is 2. The average Bonchev–Trinajstić information content (AvgIpc) is 2.94. The molecule has 0 bridgehead atoms. The minimum absolute atomic E-state index is 0.0871. The molecule has 1 aromatic rings. The van der Waals surface area contributed by atoms with Gasteiger partial charge in [-0.3, -0.25) is 9.59 Å². The van der Waals surface area contributed by atoms with Crippen molar-refractivity contribution in [2.24, 2.45) is 5.92 Å². The minimum atomic E-state index is -0.105. The summed E-state index contributed by atoms with van der Waals surface area (Å²) in [6.45, 7) is 4.78. The fraction of sp³-hybridized carbons (Fsp3) is 0.471. The van der Waals surface area contributed by atoms with Crippen LogP contribution in [0.1, 0.15) is 35.7 Å². The predicted molar refractivity (Wildman–Crippen MR) is 101 cm³/mol. The highest BCUT2D eigenvalue weighted by Crippen LogP contribution is 2.22. The zero-order valence-corrected chi connectivity index (χ0v) is 15.3. The predicted octanol–water partition coefficient (Wildman–Crippen LogP) is 2.62. The quantitative estimate of drug-likeness (QED) is 0.809. The van der Waals surface area contributed by atoms with Crippen LogP contribution in [0.3, 0.4) is 0 Å². The molecule has 1 aromatic carbocycles. The highest BCUT2D eigenvalue weighted by molar-refractivity contribution is 8.23. The molecule has 0 spiro atoms. The van der Waals surface area contributed by atoms with Gasteiger partial charge in [0.05, 0.1) is 5.75 Å². The highest BCUT2D eigenvalue weighted by atomic mass is 32.2. The highest BCUT2D eigenvalue weighted by Gasteiger charge is 2.20. The zero-order chi connectivity index (χ0) is 17.1. The zero-order valence-electron chi connectivity index (χ0n) is 13.6. The summed E-state index contributed by atoms with van der Waals surface area (Å²) in [5, 5.41) is 5.61. The number of fused-ring (bicyclic) bond motifs is 1. The molecule has 2 aliphatic heterocycles. The Morgan fingerprint density at radius 3 is 2.92 bits per heavy atom. The summed E-state index contributed by atoms with van der Waals surface area (Å²) in [5.41, 5.74) is 2.25. The van der Waals surface area contributed by atoms with E-state index in [1.165, 1.54) is 11.8 Å². The number of carbonyl (C=O) groups is 2. The first-order chi connectivity index (χ1) is 11.5. The van der Waals surface area contributed by atoms with Crippen molar-refractivity contribution in [2.45, 2.75) is 26.3 Å². The summed E-state index contributed by atoms with van der Waals surface area (Å²) in [7, 11) is 0. The Morgan fingerprint density at radius 2 is 2.17 bits per heavy atom. The van der Waals surface area contributed by atoms with E-state index in [1.54, 1.807) is 6.07 Å². The number of anilines is 1. The molecule has 3 rings (SSSR count). The maximum atomic E-state index is 12.1. The Morgan fingerprint density at radius 1 is 1.42 bits per heavy atom. The molecular weight excluding hydrogens is 342 g/mol. The van der Waals surface area contributed by atoms with Crippen LogP contribution in [-0.2, 0) is 11.3 Å². The van der Waals surface area contributed by atoms with Crippen LogP contribution in [-0.4, -0.2) is 39.9 Å². The Hall–Kier alpha value is -1.60. The van der Waals surface area contributed by atoms with E-state index < -0.39 is 0 Å². The second kappa shape index (κ2) is 7.53. The van der Waals surface area contributed by atoms with Crippen LogP contribution in [0.4, 0.5) is 5.69 Å². The van der Waals surface area contributed by atoms with Crippen molar-refractivity contribution in [1.29, 1.82) is 0 Å². The molecule has 2 amide bonds. The fourth-order valence-corrected chi connectivity index (χ4v) is 3.95. The van der Waals surface area contributed by atoms with Crippen molar-refractivity contribution < 1.29 is 9.59 Å². The summed E-state index contributed by atoms with van der Waals surface area (Å²) < 4.78 is 0.797. The van der Waals surface area contributed by atoms with Gasteiger partial charge in [-0.1, -0.05) is 37.0 Å². The largest absolute Gasteiger partial charge is 0.357 e. The van der Waals surface area contributed by atoms with Crippen LogP contribution in [0.2, 0.25) is 0 Å². The van der Waals surface area contributed by atoms with Crippen LogP contribution in [0, 0.1) is 5.92 Å². The van der Waals surface area contributed by atoms with Crippen LogP contribution in [0.5, 0.6) is 0 Å². The van der Waals surface area contributed by atoms with Gasteiger partial charge in [0.15, 0.2) is 0 Å². The average molecular weight is 364 g/mol. The summed E-state index contributed by atoms with van der Waals surface area (Å²) in [6.07, 6.45) is 2.31. The van der Waals surface area contributed by atoms with E-state index >= 15 is 0 Å². The van der Waals surface area contributed by atoms with E-state index in [4.69, 9.17) is 12.2 Å². The first kappa shape index (κ1) is 17.2. The Balaban J connectivity index is 1.48. The third-order valence-electron chi connectivity index (χ3n) is 4.45. The van der Waals surface area contributed by atoms with Gasteiger partial charge in [-0.2, -0.15) is 0 Å². The molecule has 1 fully saturated rings. The Kier molecular flexibility index (Phi) is 5.40. The lowest BCUT2D eigenvalue weighted by Crippen LogP contribution is -2.36. The molecule has 2 aliphatic rings. The number of likely N-dealkylation sites (tertiary alicyclic amines) is 1. The fourth-order valence-electron chi connectivity index (χ4n) is 2.90. The van der Waals surface area contributed by atoms with Crippen molar-refractivity contribution in [2.75, 3.05) is 24.2 Å². The van der Waals surface area contributed by atoms with Gasteiger partial charge in [-0.05, 0) is 36.5 Å².